The maximum atomic E-state index is 11.2. The van der Waals surface area contributed by atoms with Crippen molar-refractivity contribution in [2.75, 3.05) is 30.3 Å². The van der Waals surface area contributed by atoms with E-state index in [1.165, 1.54) is 0 Å². The molecule has 0 radical (unpaired) electrons. The molecule has 0 aliphatic carbocycles. The minimum Gasteiger partial charge on any atom is -0.478 e. The van der Waals surface area contributed by atoms with Gasteiger partial charge in [-0.25, -0.2) is 4.79 Å². The third-order valence-corrected chi connectivity index (χ3v) is 3.84. The monoisotopic (exact) mass is 252 g/mol. The third-order valence-electron chi connectivity index (χ3n) is 2.89. The van der Waals surface area contributed by atoms with Crippen LogP contribution in [0, 0.1) is 0 Å². The van der Waals surface area contributed by atoms with Gasteiger partial charge in [-0.05, 0) is 11.6 Å². The van der Waals surface area contributed by atoms with Crippen LogP contribution in [0.2, 0.25) is 0 Å². The minimum absolute atomic E-state index is 0.255. The molecule has 0 aromatic heterocycles. The van der Waals surface area contributed by atoms with Crippen LogP contribution in [0.15, 0.2) is 18.2 Å². The molecule has 1 heterocycles. The fraction of sp³-hybridized carbons (Fsp3) is 0.417. The first-order valence-electron chi connectivity index (χ1n) is 5.59. The molecule has 0 atom stereocenters. The first-order valence-corrected chi connectivity index (χ1v) is 6.74. The van der Waals surface area contributed by atoms with Gasteiger partial charge in [-0.1, -0.05) is 12.1 Å². The first kappa shape index (κ1) is 12.3. The molecular weight excluding hydrogens is 236 g/mol. The zero-order chi connectivity index (χ0) is 12.3. The van der Waals surface area contributed by atoms with E-state index in [4.69, 9.17) is 5.73 Å². The van der Waals surface area contributed by atoms with E-state index in [0.29, 0.717) is 12.2 Å². The van der Waals surface area contributed by atoms with Crippen molar-refractivity contribution in [2.45, 2.75) is 6.54 Å². The molecule has 1 saturated heterocycles. The van der Waals surface area contributed by atoms with Crippen molar-refractivity contribution < 1.29 is 9.90 Å². The SMILES string of the molecule is Nc1cccc(CN2CCSCC2)c1C(=O)O. The number of thioether (sulfide) groups is 1. The third kappa shape index (κ3) is 2.92. The lowest BCUT2D eigenvalue weighted by Crippen LogP contribution is -2.32. The van der Waals surface area contributed by atoms with E-state index in [1.807, 2.05) is 23.9 Å². The fourth-order valence-corrected chi connectivity index (χ4v) is 2.99. The summed E-state index contributed by atoms with van der Waals surface area (Å²) in [7, 11) is 0. The lowest BCUT2D eigenvalue weighted by Gasteiger charge is -2.26. The Morgan fingerprint density at radius 3 is 2.76 bits per heavy atom. The summed E-state index contributed by atoms with van der Waals surface area (Å²) in [5.74, 6) is 1.29. The Kier molecular flexibility index (Phi) is 3.91. The van der Waals surface area contributed by atoms with Crippen LogP contribution in [0.25, 0.3) is 0 Å². The number of carboxylic acids is 1. The lowest BCUT2D eigenvalue weighted by molar-refractivity contribution is 0.0695. The van der Waals surface area contributed by atoms with Crippen LogP contribution >= 0.6 is 11.8 Å². The highest BCUT2D eigenvalue weighted by atomic mass is 32.2. The van der Waals surface area contributed by atoms with Gasteiger partial charge < -0.3 is 10.8 Å². The normalized spacial score (nSPS) is 16.9. The first-order chi connectivity index (χ1) is 8.18. The summed E-state index contributed by atoms with van der Waals surface area (Å²) in [4.78, 5) is 13.5. The second-order valence-electron chi connectivity index (χ2n) is 4.08. The van der Waals surface area contributed by atoms with Crippen LogP contribution in [-0.4, -0.2) is 40.6 Å². The van der Waals surface area contributed by atoms with E-state index in [-0.39, 0.29) is 5.56 Å². The molecule has 4 nitrogen and oxygen atoms in total. The fourth-order valence-electron chi connectivity index (χ4n) is 2.01. The van der Waals surface area contributed by atoms with Crippen LogP contribution in [0.5, 0.6) is 0 Å². The highest BCUT2D eigenvalue weighted by Crippen LogP contribution is 2.20. The molecule has 1 aromatic rings. The number of carboxylic acid groups (broad SMARTS) is 1. The highest BCUT2D eigenvalue weighted by Gasteiger charge is 2.17. The molecule has 0 unspecified atom stereocenters. The van der Waals surface area contributed by atoms with E-state index >= 15 is 0 Å². The van der Waals surface area contributed by atoms with Crippen LogP contribution in [-0.2, 0) is 6.54 Å². The van der Waals surface area contributed by atoms with E-state index in [2.05, 4.69) is 4.90 Å². The molecule has 1 aromatic carbocycles. The predicted octanol–water partition coefficient (Wildman–Crippen LogP) is 1.52. The summed E-state index contributed by atoms with van der Waals surface area (Å²) < 4.78 is 0. The number of nitrogens with zero attached hydrogens (tertiary/aromatic N) is 1. The summed E-state index contributed by atoms with van der Waals surface area (Å²) in [6.07, 6.45) is 0. The van der Waals surface area contributed by atoms with Gasteiger partial charge in [0.05, 0.1) is 5.56 Å². The number of nitrogens with two attached hydrogens (primary N) is 1. The Morgan fingerprint density at radius 2 is 2.12 bits per heavy atom. The van der Waals surface area contributed by atoms with E-state index < -0.39 is 5.97 Å². The highest BCUT2D eigenvalue weighted by molar-refractivity contribution is 7.99. The van der Waals surface area contributed by atoms with Crippen LogP contribution in [0.3, 0.4) is 0 Å². The van der Waals surface area contributed by atoms with Crippen molar-refractivity contribution in [3.63, 3.8) is 0 Å². The summed E-state index contributed by atoms with van der Waals surface area (Å²) in [6, 6.07) is 5.30. The second-order valence-corrected chi connectivity index (χ2v) is 5.30. The van der Waals surface area contributed by atoms with E-state index in [1.54, 1.807) is 6.07 Å². The zero-order valence-corrected chi connectivity index (χ0v) is 10.4. The van der Waals surface area contributed by atoms with Crippen LogP contribution < -0.4 is 5.73 Å². The molecule has 2 rings (SSSR count). The number of anilines is 1. The lowest BCUT2D eigenvalue weighted by atomic mass is 10.0. The average Bonchev–Trinajstić information content (AvgIpc) is 2.30. The standard InChI is InChI=1S/C12H16N2O2S/c13-10-3-1-2-9(11(10)12(15)16)8-14-4-6-17-7-5-14/h1-3H,4-8,13H2,(H,15,16). The molecule has 5 heteroatoms. The maximum absolute atomic E-state index is 11.2. The molecule has 0 bridgehead atoms. The van der Waals surface area contributed by atoms with Gasteiger partial charge in [0.1, 0.15) is 0 Å². The minimum atomic E-state index is -0.940. The molecule has 0 amide bonds. The summed E-state index contributed by atoms with van der Waals surface area (Å²) in [6.45, 7) is 2.70. The van der Waals surface area contributed by atoms with Gasteiger partial charge in [-0.15, -0.1) is 0 Å². The van der Waals surface area contributed by atoms with Gasteiger partial charge >= 0.3 is 5.97 Å². The number of hydrogen-bond acceptors (Lipinski definition) is 4. The van der Waals surface area contributed by atoms with Crippen molar-refractivity contribution in [3.8, 4) is 0 Å². The van der Waals surface area contributed by atoms with Crippen molar-refractivity contribution in [2.24, 2.45) is 0 Å². The average molecular weight is 252 g/mol. The largest absolute Gasteiger partial charge is 0.478 e. The van der Waals surface area contributed by atoms with Crippen molar-refractivity contribution >= 4 is 23.4 Å². The molecule has 0 spiro atoms. The maximum Gasteiger partial charge on any atom is 0.338 e. The quantitative estimate of drug-likeness (QED) is 0.798. The molecular formula is C12H16N2O2S. The van der Waals surface area contributed by atoms with Crippen molar-refractivity contribution in [3.05, 3.63) is 29.3 Å². The van der Waals surface area contributed by atoms with Gasteiger partial charge in [0, 0.05) is 36.8 Å². The van der Waals surface area contributed by atoms with Gasteiger partial charge in [0.15, 0.2) is 0 Å². The Balaban J connectivity index is 2.19. The Labute approximate surface area is 105 Å². The molecule has 17 heavy (non-hydrogen) atoms. The Morgan fingerprint density at radius 1 is 1.41 bits per heavy atom. The second kappa shape index (κ2) is 5.42. The van der Waals surface area contributed by atoms with Gasteiger partial charge in [0.2, 0.25) is 0 Å². The number of hydrogen-bond donors (Lipinski definition) is 2. The Bertz CT molecular complexity index is 417. The van der Waals surface area contributed by atoms with Crippen molar-refractivity contribution in [1.82, 2.24) is 4.90 Å². The molecule has 1 fully saturated rings. The summed E-state index contributed by atoms with van der Waals surface area (Å²) in [5.41, 5.74) is 7.14. The van der Waals surface area contributed by atoms with Gasteiger partial charge in [-0.2, -0.15) is 11.8 Å². The zero-order valence-electron chi connectivity index (χ0n) is 9.56. The van der Waals surface area contributed by atoms with E-state index in [0.717, 1.165) is 30.2 Å². The smallest absolute Gasteiger partial charge is 0.338 e. The summed E-state index contributed by atoms with van der Waals surface area (Å²) in [5, 5.41) is 9.17. The number of carbonyl (C=O) groups is 1. The van der Waals surface area contributed by atoms with Crippen LogP contribution in [0.4, 0.5) is 5.69 Å². The molecule has 0 saturated carbocycles. The molecule has 92 valence electrons. The van der Waals surface area contributed by atoms with Crippen LogP contribution in [0.1, 0.15) is 15.9 Å². The number of benzene rings is 1. The van der Waals surface area contributed by atoms with Gasteiger partial charge in [0.25, 0.3) is 0 Å². The van der Waals surface area contributed by atoms with Gasteiger partial charge in [-0.3, -0.25) is 4.90 Å². The van der Waals surface area contributed by atoms with Crippen molar-refractivity contribution in [1.29, 1.82) is 0 Å². The summed E-state index contributed by atoms with van der Waals surface area (Å²) >= 11 is 1.94. The Hall–Kier alpha value is -1.20. The topological polar surface area (TPSA) is 66.6 Å². The number of rotatable bonds is 3. The number of nitrogen functional groups attached to an aromatic ring is 1. The molecule has 3 N–H and O–H groups in total. The van der Waals surface area contributed by atoms with E-state index in [9.17, 15) is 9.90 Å². The predicted molar refractivity (Wildman–Crippen MR) is 70.4 cm³/mol. The number of aromatic carboxylic acids is 1. The molecule has 1 aliphatic heterocycles. The molecule has 1 aliphatic rings.